The molecule has 0 aliphatic carbocycles. The lowest BCUT2D eigenvalue weighted by molar-refractivity contribution is 0.152. The lowest BCUT2D eigenvalue weighted by atomic mass is 10.1. The Morgan fingerprint density at radius 2 is 1.91 bits per heavy atom. The fourth-order valence-corrected chi connectivity index (χ4v) is 2.50. The van der Waals surface area contributed by atoms with E-state index < -0.39 is 6.09 Å². The molecule has 1 aromatic carbocycles. The van der Waals surface area contributed by atoms with Gasteiger partial charge in [0.05, 0.1) is 33.5 Å². The summed E-state index contributed by atoms with van der Waals surface area (Å²) in [6, 6.07) is 1.86. The van der Waals surface area contributed by atoms with Gasteiger partial charge >= 0.3 is 6.09 Å². The Morgan fingerprint density at radius 3 is 2.52 bits per heavy atom. The molecule has 7 nitrogen and oxygen atoms in total. The van der Waals surface area contributed by atoms with E-state index in [9.17, 15) is 4.79 Å². The van der Waals surface area contributed by atoms with Crippen molar-refractivity contribution in [2.75, 3.05) is 34.5 Å². The molecular formula is C16H22N2O5. The number of aromatic nitrogens is 1. The Bertz CT molecular complexity index is 681. The molecule has 1 heterocycles. The summed E-state index contributed by atoms with van der Waals surface area (Å²) in [4.78, 5) is 14.5. The zero-order chi connectivity index (χ0) is 16.8. The normalized spacial score (nSPS) is 10.4. The number of hydrogen-bond donors (Lipinski definition) is 2. The molecule has 0 atom stereocenters. The molecule has 0 aliphatic rings. The number of hydrogen-bond acceptors (Lipinski definition) is 5. The largest absolute Gasteiger partial charge is 0.493 e. The second-order valence-electron chi connectivity index (χ2n) is 4.78. The van der Waals surface area contributed by atoms with E-state index in [2.05, 4.69) is 10.3 Å². The summed E-state index contributed by atoms with van der Waals surface area (Å²) in [6.07, 6.45) is 2.10. The van der Waals surface area contributed by atoms with Crippen molar-refractivity contribution in [2.24, 2.45) is 0 Å². The molecule has 126 valence electrons. The number of nitrogens with one attached hydrogen (secondary N) is 2. The number of rotatable bonds is 7. The monoisotopic (exact) mass is 322 g/mol. The van der Waals surface area contributed by atoms with E-state index in [1.54, 1.807) is 28.3 Å². The van der Waals surface area contributed by atoms with Gasteiger partial charge in [-0.15, -0.1) is 0 Å². The van der Waals surface area contributed by atoms with Crippen LogP contribution in [0.2, 0.25) is 0 Å². The molecule has 0 aliphatic heterocycles. The van der Waals surface area contributed by atoms with Crippen LogP contribution in [0.5, 0.6) is 17.2 Å². The summed E-state index contributed by atoms with van der Waals surface area (Å²) >= 11 is 0. The maximum Gasteiger partial charge on any atom is 0.407 e. The van der Waals surface area contributed by atoms with Crippen molar-refractivity contribution in [3.05, 3.63) is 17.8 Å². The van der Waals surface area contributed by atoms with Crippen molar-refractivity contribution in [3.63, 3.8) is 0 Å². The molecule has 0 saturated heterocycles. The van der Waals surface area contributed by atoms with Gasteiger partial charge in [-0.2, -0.15) is 0 Å². The van der Waals surface area contributed by atoms with Crippen molar-refractivity contribution in [3.8, 4) is 17.2 Å². The molecule has 0 fully saturated rings. The molecule has 23 heavy (non-hydrogen) atoms. The number of carbonyl (C=O) groups is 1. The lowest BCUT2D eigenvalue weighted by Gasteiger charge is -2.14. The summed E-state index contributed by atoms with van der Waals surface area (Å²) < 4.78 is 21.1. The predicted octanol–water partition coefficient (Wildman–Crippen LogP) is 2.48. The second-order valence-corrected chi connectivity index (χ2v) is 4.78. The predicted molar refractivity (Wildman–Crippen MR) is 86.7 cm³/mol. The Morgan fingerprint density at radius 1 is 1.17 bits per heavy atom. The maximum absolute atomic E-state index is 11.3. The second kappa shape index (κ2) is 7.62. The van der Waals surface area contributed by atoms with Gasteiger partial charge in [0, 0.05) is 24.2 Å². The molecule has 2 N–H and O–H groups in total. The lowest BCUT2D eigenvalue weighted by Crippen LogP contribution is -2.26. The van der Waals surface area contributed by atoms with E-state index in [-0.39, 0.29) is 0 Å². The van der Waals surface area contributed by atoms with Crippen LogP contribution >= 0.6 is 0 Å². The summed E-state index contributed by atoms with van der Waals surface area (Å²) in [5.41, 5.74) is 1.89. The number of ether oxygens (including phenoxy) is 4. The highest BCUT2D eigenvalue weighted by molar-refractivity contribution is 5.94. The van der Waals surface area contributed by atoms with Crippen molar-refractivity contribution in [1.82, 2.24) is 10.3 Å². The highest BCUT2D eigenvalue weighted by atomic mass is 16.5. The molecule has 7 heteroatoms. The summed E-state index contributed by atoms with van der Waals surface area (Å²) in [7, 11) is 4.74. The first-order valence-electron chi connectivity index (χ1n) is 7.35. The topological polar surface area (TPSA) is 81.8 Å². The van der Waals surface area contributed by atoms with Crippen molar-refractivity contribution in [1.29, 1.82) is 0 Å². The molecule has 2 rings (SSSR count). The van der Waals surface area contributed by atoms with Crippen molar-refractivity contribution in [2.45, 2.75) is 13.3 Å². The number of methoxy groups -OCH3 is 3. The first kappa shape index (κ1) is 16.8. The molecule has 1 aromatic heterocycles. The van der Waals surface area contributed by atoms with Crippen LogP contribution in [-0.4, -0.2) is 45.6 Å². The maximum atomic E-state index is 11.3. The Kier molecular flexibility index (Phi) is 5.56. The van der Waals surface area contributed by atoms with Gasteiger partial charge in [0.15, 0.2) is 11.5 Å². The third kappa shape index (κ3) is 3.44. The minimum absolute atomic E-state index is 0.351. The van der Waals surface area contributed by atoms with Crippen LogP contribution in [0.3, 0.4) is 0 Å². The molecule has 2 aromatic rings. The van der Waals surface area contributed by atoms with Gasteiger partial charge < -0.3 is 29.2 Å². The van der Waals surface area contributed by atoms with Crippen LogP contribution in [-0.2, 0) is 11.2 Å². The zero-order valence-electron chi connectivity index (χ0n) is 13.8. The van der Waals surface area contributed by atoms with E-state index in [4.69, 9.17) is 18.9 Å². The number of aromatic amines is 1. The average Bonchev–Trinajstić information content (AvgIpc) is 2.96. The first-order valence-corrected chi connectivity index (χ1v) is 7.35. The van der Waals surface area contributed by atoms with Crippen LogP contribution in [0.1, 0.15) is 12.5 Å². The summed E-state index contributed by atoms with van der Waals surface area (Å²) in [6.45, 7) is 2.58. The van der Waals surface area contributed by atoms with Crippen LogP contribution in [0, 0.1) is 0 Å². The fraction of sp³-hybridized carbons (Fsp3) is 0.438. The Hall–Kier alpha value is -2.57. The third-order valence-electron chi connectivity index (χ3n) is 3.49. The number of amides is 1. The quantitative estimate of drug-likeness (QED) is 0.818. The Labute approximate surface area is 134 Å². The van der Waals surface area contributed by atoms with E-state index >= 15 is 0 Å². The van der Waals surface area contributed by atoms with Crippen molar-refractivity contribution >= 4 is 17.0 Å². The van der Waals surface area contributed by atoms with Gasteiger partial charge in [-0.05, 0) is 18.9 Å². The van der Waals surface area contributed by atoms with E-state index in [0.717, 1.165) is 16.5 Å². The number of H-pyrrole nitrogens is 1. The number of benzene rings is 1. The smallest absolute Gasteiger partial charge is 0.407 e. The number of fused-ring (bicyclic) bond motifs is 1. The average molecular weight is 322 g/mol. The highest BCUT2D eigenvalue weighted by Gasteiger charge is 2.19. The fourth-order valence-electron chi connectivity index (χ4n) is 2.50. The van der Waals surface area contributed by atoms with Crippen LogP contribution in [0.15, 0.2) is 12.3 Å². The summed E-state index contributed by atoms with van der Waals surface area (Å²) in [5.74, 6) is 1.74. The van der Waals surface area contributed by atoms with Gasteiger partial charge in [-0.25, -0.2) is 4.79 Å². The van der Waals surface area contributed by atoms with E-state index in [0.29, 0.717) is 36.8 Å². The summed E-state index contributed by atoms with van der Waals surface area (Å²) in [5, 5.41) is 3.62. The van der Waals surface area contributed by atoms with Crippen LogP contribution < -0.4 is 19.5 Å². The van der Waals surface area contributed by atoms with E-state index in [1.165, 1.54) is 0 Å². The van der Waals surface area contributed by atoms with Crippen LogP contribution in [0.4, 0.5) is 4.79 Å². The SMILES string of the molecule is CCOC(=O)NCCc1c[nH]c2cc(OC)c(OC)c(OC)c12. The number of carbonyl (C=O) groups excluding carboxylic acids is 1. The molecule has 0 spiro atoms. The molecular weight excluding hydrogens is 300 g/mol. The van der Waals surface area contributed by atoms with E-state index in [1.807, 2.05) is 12.3 Å². The molecule has 1 amide bonds. The molecule has 0 bridgehead atoms. The van der Waals surface area contributed by atoms with Crippen molar-refractivity contribution < 1.29 is 23.7 Å². The minimum Gasteiger partial charge on any atom is -0.493 e. The standard InChI is InChI=1S/C16H22N2O5/c1-5-23-16(19)17-7-6-10-9-18-11-8-12(20-2)14(21-3)15(22-4)13(10)11/h8-9,18H,5-7H2,1-4H3,(H,17,19). The third-order valence-corrected chi connectivity index (χ3v) is 3.49. The minimum atomic E-state index is -0.418. The van der Waals surface area contributed by atoms with Gasteiger partial charge in [-0.1, -0.05) is 0 Å². The zero-order valence-corrected chi connectivity index (χ0v) is 13.8. The number of alkyl carbamates (subject to hydrolysis) is 1. The van der Waals surface area contributed by atoms with Gasteiger partial charge in [0.25, 0.3) is 0 Å². The molecule has 0 unspecified atom stereocenters. The highest BCUT2D eigenvalue weighted by Crippen LogP contribution is 2.44. The van der Waals surface area contributed by atoms with Crippen LogP contribution in [0.25, 0.3) is 10.9 Å². The van der Waals surface area contributed by atoms with Gasteiger partial charge in [-0.3, -0.25) is 0 Å². The first-order chi connectivity index (χ1) is 11.2. The molecule has 0 radical (unpaired) electrons. The Balaban J connectivity index is 2.29. The van der Waals surface area contributed by atoms with Gasteiger partial charge in [0.2, 0.25) is 5.75 Å². The molecule has 0 saturated carbocycles. The van der Waals surface area contributed by atoms with Gasteiger partial charge in [0.1, 0.15) is 0 Å².